The van der Waals surface area contributed by atoms with Crippen LogP contribution in [0.15, 0.2) is 36.4 Å². The van der Waals surface area contributed by atoms with Gasteiger partial charge in [0.2, 0.25) is 5.91 Å². The highest BCUT2D eigenvalue weighted by Gasteiger charge is 2.26. The van der Waals surface area contributed by atoms with Crippen molar-refractivity contribution in [3.63, 3.8) is 0 Å². The number of nitrogens with two attached hydrogens (primary N) is 1. The van der Waals surface area contributed by atoms with Crippen LogP contribution in [0.4, 0.5) is 0 Å². The van der Waals surface area contributed by atoms with Gasteiger partial charge in [0, 0.05) is 19.1 Å². The van der Waals surface area contributed by atoms with Gasteiger partial charge < -0.3 is 10.6 Å². The lowest BCUT2D eigenvalue weighted by Crippen LogP contribution is -2.36. The van der Waals surface area contributed by atoms with Crippen molar-refractivity contribution >= 4 is 5.91 Å². The lowest BCUT2D eigenvalue weighted by Gasteiger charge is -2.25. The SMILES string of the molecule is CCCN(Cc1ccc(C)cc1)C(=O)C1C=CC(N)C1. The molecule has 1 amide bonds. The molecule has 2 unspecified atom stereocenters. The Hall–Kier alpha value is -1.61. The molecule has 3 nitrogen and oxygen atoms in total. The zero-order valence-corrected chi connectivity index (χ0v) is 12.4. The monoisotopic (exact) mass is 272 g/mol. The first-order valence-corrected chi connectivity index (χ1v) is 7.38. The molecule has 2 N–H and O–H groups in total. The molecule has 0 aromatic heterocycles. The molecule has 0 saturated heterocycles. The van der Waals surface area contributed by atoms with Gasteiger partial charge >= 0.3 is 0 Å². The Morgan fingerprint density at radius 1 is 1.30 bits per heavy atom. The molecule has 0 radical (unpaired) electrons. The van der Waals surface area contributed by atoms with Gasteiger partial charge in [0.1, 0.15) is 0 Å². The molecule has 1 aliphatic carbocycles. The van der Waals surface area contributed by atoms with Crippen molar-refractivity contribution in [3.05, 3.63) is 47.5 Å². The molecular formula is C17H24N2O. The van der Waals surface area contributed by atoms with Crippen molar-refractivity contribution in [2.75, 3.05) is 6.54 Å². The molecule has 0 aliphatic heterocycles. The van der Waals surface area contributed by atoms with E-state index >= 15 is 0 Å². The minimum absolute atomic E-state index is 0.0341. The molecule has 20 heavy (non-hydrogen) atoms. The number of rotatable bonds is 5. The number of aryl methyl sites for hydroxylation is 1. The van der Waals surface area contributed by atoms with E-state index in [0.717, 1.165) is 19.4 Å². The van der Waals surface area contributed by atoms with Crippen LogP contribution in [-0.4, -0.2) is 23.4 Å². The van der Waals surface area contributed by atoms with Gasteiger partial charge in [-0.3, -0.25) is 4.79 Å². The van der Waals surface area contributed by atoms with Crippen molar-refractivity contribution in [3.8, 4) is 0 Å². The second-order valence-electron chi connectivity index (χ2n) is 5.64. The molecule has 1 aliphatic rings. The third kappa shape index (κ3) is 3.70. The van der Waals surface area contributed by atoms with Crippen LogP contribution in [0.5, 0.6) is 0 Å². The van der Waals surface area contributed by atoms with Gasteiger partial charge in [0.05, 0.1) is 5.92 Å². The summed E-state index contributed by atoms with van der Waals surface area (Å²) in [5, 5.41) is 0. The Balaban J connectivity index is 2.04. The second-order valence-corrected chi connectivity index (χ2v) is 5.64. The van der Waals surface area contributed by atoms with Gasteiger partial charge in [-0.2, -0.15) is 0 Å². The van der Waals surface area contributed by atoms with Gasteiger partial charge in [-0.1, -0.05) is 48.9 Å². The van der Waals surface area contributed by atoms with Crippen LogP contribution in [0.25, 0.3) is 0 Å². The molecule has 0 bridgehead atoms. The van der Waals surface area contributed by atoms with Crippen molar-refractivity contribution in [2.24, 2.45) is 11.7 Å². The number of benzene rings is 1. The molecular weight excluding hydrogens is 248 g/mol. The number of hydrogen-bond acceptors (Lipinski definition) is 2. The fourth-order valence-corrected chi connectivity index (χ4v) is 2.60. The minimum atomic E-state index is -0.0398. The zero-order chi connectivity index (χ0) is 14.5. The molecule has 0 saturated carbocycles. The standard InChI is InChI=1S/C17H24N2O/c1-3-10-19(12-14-6-4-13(2)5-7-14)17(20)15-8-9-16(18)11-15/h4-9,15-16H,3,10-12,18H2,1-2H3. The number of carbonyl (C=O) groups is 1. The molecule has 1 aromatic carbocycles. The van der Waals surface area contributed by atoms with E-state index in [9.17, 15) is 4.79 Å². The van der Waals surface area contributed by atoms with Gasteiger partial charge in [-0.15, -0.1) is 0 Å². The van der Waals surface area contributed by atoms with Crippen molar-refractivity contribution in [1.29, 1.82) is 0 Å². The molecule has 0 heterocycles. The van der Waals surface area contributed by atoms with Crippen LogP contribution < -0.4 is 5.73 Å². The number of hydrogen-bond donors (Lipinski definition) is 1. The Kier molecular flexibility index (Phi) is 4.96. The molecule has 2 rings (SSSR count). The first-order chi connectivity index (χ1) is 9.60. The lowest BCUT2D eigenvalue weighted by atomic mass is 10.1. The Bertz CT molecular complexity index is 478. The van der Waals surface area contributed by atoms with Gasteiger partial charge in [-0.05, 0) is 25.3 Å². The highest BCUT2D eigenvalue weighted by molar-refractivity contribution is 5.81. The quantitative estimate of drug-likeness (QED) is 0.838. The summed E-state index contributed by atoms with van der Waals surface area (Å²) >= 11 is 0. The maximum Gasteiger partial charge on any atom is 0.229 e. The largest absolute Gasteiger partial charge is 0.338 e. The molecule has 2 atom stereocenters. The summed E-state index contributed by atoms with van der Waals surface area (Å²) < 4.78 is 0. The van der Waals surface area contributed by atoms with E-state index in [2.05, 4.69) is 38.1 Å². The average molecular weight is 272 g/mol. The number of amides is 1. The average Bonchev–Trinajstić information content (AvgIpc) is 2.86. The predicted molar refractivity (Wildman–Crippen MR) is 82.1 cm³/mol. The zero-order valence-electron chi connectivity index (χ0n) is 12.4. The third-order valence-corrected chi connectivity index (χ3v) is 3.73. The fraction of sp³-hybridized carbons (Fsp3) is 0.471. The Morgan fingerprint density at radius 2 is 2.00 bits per heavy atom. The summed E-state index contributed by atoms with van der Waals surface area (Å²) in [7, 11) is 0. The van der Waals surface area contributed by atoms with Crippen LogP contribution >= 0.6 is 0 Å². The summed E-state index contributed by atoms with van der Waals surface area (Å²) in [4.78, 5) is 14.5. The van der Waals surface area contributed by atoms with Crippen molar-refractivity contribution < 1.29 is 4.79 Å². The molecule has 3 heteroatoms. The van der Waals surface area contributed by atoms with E-state index < -0.39 is 0 Å². The second kappa shape index (κ2) is 6.71. The van der Waals surface area contributed by atoms with E-state index in [1.807, 2.05) is 17.1 Å². The summed E-state index contributed by atoms with van der Waals surface area (Å²) in [6.45, 7) is 5.66. The topological polar surface area (TPSA) is 46.3 Å². The van der Waals surface area contributed by atoms with E-state index in [-0.39, 0.29) is 17.9 Å². The normalized spacial score (nSPS) is 21.1. The van der Waals surface area contributed by atoms with Crippen molar-refractivity contribution in [1.82, 2.24) is 4.90 Å². The van der Waals surface area contributed by atoms with E-state index in [1.54, 1.807) is 0 Å². The van der Waals surface area contributed by atoms with Gasteiger partial charge in [0.15, 0.2) is 0 Å². The predicted octanol–water partition coefficient (Wildman–Crippen LogP) is 2.64. The molecule has 0 spiro atoms. The molecule has 0 fully saturated rings. The summed E-state index contributed by atoms with van der Waals surface area (Å²) in [6, 6.07) is 8.42. The van der Waals surface area contributed by atoms with E-state index in [4.69, 9.17) is 5.73 Å². The smallest absolute Gasteiger partial charge is 0.229 e. The Morgan fingerprint density at radius 3 is 2.55 bits per heavy atom. The lowest BCUT2D eigenvalue weighted by molar-refractivity contribution is -0.134. The van der Waals surface area contributed by atoms with Crippen LogP contribution in [0.1, 0.15) is 30.9 Å². The number of nitrogens with zero attached hydrogens (tertiary/aromatic N) is 1. The minimum Gasteiger partial charge on any atom is -0.338 e. The van der Waals surface area contributed by atoms with E-state index in [1.165, 1.54) is 11.1 Å². The number of carbonyl (C=O) groups excluding carboxylic acids is 1. The van der Waals surface area contributed by atoms with Crippen molar-refractivity contribution in [2.45, 2.75) is 39.3 Å². The highest BCUT2D eigenvalue weighted by atomic mass is 16.2. The van der Waals surface area contributed by atoms with Crippen LogP contribution in [0, 0.1) is 12.8 Å². The van der Waals surface area contributed by atoms with Gasteiger partial charge in [-0.25, -0.2) is 0 Å². The fourth-order valence-electron chi connectivity index (χ4n) is 2.60. The first-order valence-electron chi connectivity index (χ1n) is 7.38. The summed E-state index contributed by atoms with van der Waals surface area (Å²) in [5.74, 6) is 0.165. The first kappa shape index (κ1) is 14.8. The highest BCUT2D eigenvalue weighted by Crippen LogP contribution is 2.20. The maximum atomic E-state index is 12.6. The van der Waals surface area contributed by atoms with Crippen LogP contribution in [0.3, 0.4) is 0 Å². The molecule has 1 aromatic rings. The van der Waals surface area contributed by atoms with E-state index in [0.29, 0.717) is 6.54 Å². The summed E-state index contributed by atoms with van der Waals surface area (Å²) in [6.07, 6.45) is 5.62. The Labute approximate surface area is 121 Å². The van der Waals surface area contributed by atoms with Gasteiger partial charge in [0.25, 0.3) is 0 Å². The maximum absolute atomic E-state index is 12.6. The summed E-state index contributed by atoms with van der Waals surface area (Å²) in [5.41, 5.74) is 8.28. The molecule has 108 valence electrons. The van der Waals surface area contributed by atoms with Crippen LogP contribution in [0.2, 0.25) is 0 Å². The third-order valence-electron chi connectivity index (χ3n) is 3.73. The van der Waals surface area contributed by atoms with Crippen LogP contribution in [-0.2, 0) is 11.3 Å².